The quantitative estimate of drug-likeness (QED) is 0.308. The van der Waals surface area contributed by atoms with Crippen LogP contribution in [-0.4, -0.2) is 86.5 Å². The molecule has 224 valence electrons. The van der Waals surface area contributed by atoms with Gasteiger partial charge in [0.15, 0.2) is 11.4 Å². The number of likely N-dealkylation sites (N-methyl/N-ethyl adjacent to an activating group) is 1. The average Bonchev–Trinajstić information content (AvgIpc) is 2.85. The van der Waals surface area contributed by atoms with Gasteiger partial charge in [-0.2, -0.15) is 0 Å². The Morgan fingerprint density at radius 3 is 2.34 bits per heavy atom. The Morgan fingerprint density at radius 1 is 1.22 bits per heavy atom. The van der Waals surface area contributed by atoms with Crippen LogP contribution in [0.5, 0.6) is 5.75 Å². The lowest BCUT2D eigenvalue weighted by Gasteiger charge is -2.50. The van der Waals surface area contributed by atoms with Crippen LogP contribution in [0.4, 0.5) is 4.39 Å². The molecule has 41 heavy (non-hydrogen) atoms. The van der Waals surface area contributed by atoms with Crippen molar-refractivity contribution in [1.29, 1.82) is 0 Å². The number of primary amides is 1. The number of aromatic hydroxyl groups is 1. The molecule has 0 saturated carbocycles. The van der Waals surface area contributed by atoms with E-state index in [0.29, 0.717) is 19.0 Å². The second-order valence-corrected chi connectivity index (χ2v) is 12.6. The SMILES string of the molecule is CCN(CC(C)C)C(C)(C)c1cc(O)c2c(c1F)C[C@H]1C[C@H]3[C@H](N(C)C)C(O)=C(C(N)=O)C(=O)[C@@]3(O)C(O)=C1C2=O. The molecule has 6 N–H and O–H groups in total. The second kappa shape index (κ2) is 10.2. The number of fused-ring (bicyclic) bond motifs is 3. The van der Waals surface area contributed by atoms with Gasteiger partial charge in [0.1, 0.15) is 28.7 Å². The Kier molecular flexibility index (Phi) is 7.64. The van der Waals surface area contributed by atoms with E-state index in [4.69, 9.17) is 5.73 Å². The number of phenolic OH excluding ortho intramolecular Hbond substituents is 1. The summed E-state index contributed by atoms with van der Waals surface area (Å²) >= 11 is 0. The molecular formula is C30H40FN3O7. The van der Waals surface area contributed by atoms with Crippen molar-refractivity contribution in [3.05, 3.63) is 51.2 Å². The fourth-order valence-corrected chi connectivity index (χ4v) is 7.10. The number of nitrogens with zero attached hydrogens (tertiary/aromatic N) is 2. The third-order valence-corrected chi connectivity index (χ3v) is 9.07. The van der Waals surface area contributed by atoms with E-state index >= 15 is 4.39 Å². The van der Waals surface area contributed by atoms with Gasteiger partial charge < -0.3 is 26.2 Å². The minimum absolute atomic E-state index is 0.00760. The van der Waals surface area contributed by atoms with Crippen LogP contribution in [0.3, 0.4) is 0 Å². The van der Waals surface area contributed by atoms with E-state index in [2.05, 4.69) is 18.7 Å². The number of rotatable bonds is 7. The normalized spacial score (nSPS) is 26.6. The van der Waals surface area contributed by atoms with E-state index in [0.717, 1.165) is 0 Å². The van der Waals surface area contributed by atoms with Gasteiger partial charge >= 0.3 is 0 Å². The third kappa shape index (κ3) is 4.36. The number of nitrogens with two attached hydrogens (primary N) is 1. The maximum atomic E-state index is 16.4. The molecule has 10 nitrogen and oxygen atoms in total. The number of benzene rings is 1. The van der Waals surface area contributed by atoms with Gasteiger partial charge in [-0.3, -0.25) is 24.2 Å². The van der Waals surface area contributed by atoms with Gasteiger partial charge in [-0.15, -0.1) is 0 Å². The van der Waals surface area contributed by atoms with E-state index in [9.17, 15) is 34.8 Å². The predicted octanol–water partition coefficient (Wildman–Crippen LogP) is 2.47. The third-order valence-electron chi connectivity index (χ3n) is 9.07. The molecule has 3 aliphatic carbocycles. The summed E-state index contributed by atoms with van der Waals surface area (Å²) in [5.74, 6) is -7.98. The van der Waals surface area contributed by atoms with Crippen LogP contribution < -0.4 is 5.73 Å². The number of carbonyl (C=O) groups is 3. The number of Topliss-reactive ketones (excluding diaryl/α,β-unsaturated/α-hetero) is 2. The first-order valence-corrected chi connectivity index (χ1v) is 13.9. The molecule has 0 bridgehead atoms. The maximum Gasteiger partial charge on any atom is 0.255 e. The van der Waals surface area contributed by atoms with Crippen molar-refractivity contribution in [1.82, 2.24) is 9.80 Å². The summed E-state index contributed by atoms with van der Waals surface area (Å²) in [6.07, 6.45) is -0.206. The van der Waals surface area contributed by atoms with Crippen LogP contribution in [0.1, 0.15) is 62.5 Å². The molecule has 0 heterocycles. The van der Waals surface area contributed by atoms with Gasteiger partial charge in [-0.1, -0.05) is 20.8 Å². The van der Waals surface area contributed by atoms with Gasteiger partial charge in [0.25, 0.3) is 5.91 Å². The molecule has 11 heteroatoms. The topological polar surface area (TPSA) is 165 Å². The minimum atomic E-state index is -2.74. The number of aliphatic hydroxyl groups excluding tert-OH is 2. The van der Waals surface area contributed by atoms with Crippen molar-refractivity contribution < 1.29 is 39.2 Å². The fourth-order valence-electron chi connectivity index (χ4n) is 7.10. The van der Waals surface area contributed by atoms with Gasteiger partial charge in [-0.05, 0) is 65.2 Å². The first-order chi connectivity index (χ1) is 18.9. The highest BCUT2D eigenvalue weighted by Gasteiger charge is 2.63. The van der Waals surface area contributed by atoms with Crippen LogP contribution in [0.25, 0.3) is 0 Å². The van der Waals surface area contributed by atoms with Crippen molar-refractivity contribution in [2.45, 2.75) is 64.6 Å². The number of allylic oxidation sites excluding steroid dienone is 1. The van der Waals surface area contributed by atoms with E-state index < -0.39 is 75.1 Å². The van der Waals surface area contributed by atoms with Crippen molar-refractivity contribution >= 4 is 17.5 Å². The van der Waals surface area contributed by atoms with E-state index in [-0.39, 0.29) is 35.1 Å². The van der Waals surface area contributed by atoms with Crippen LogP contribution in [-0.2, 0) is 21.5 Å². The molecule has 1 aromatic carbocycles. The lowest BCUT2D eigenvalue weighted by atomic mass is 9.58. The van der Waals surface area contributed by atoms with Crippen molar-refractivity contribution in [3.63, 3.8) is 0 Å². The minimum Gasteiger partial charge on any atom is -0.510 e. The number of carbonyl (C=O) groups excluding carboxylic acids is 3. The summed E-state index contributed by atoms with van der Waals surface area (Å²) in [7, 11) is 3.10. The summed E-state index contributed by atoms with van der Waals surface area (Å²) < 4.78 is 16.4. The predicted molar refractivity (Wildman–Crippen MR) is 149 cm³/mol. The molecule has 3 aliphatic rings. The van der Waals surface area contributed by atoms with Crippen molar-refractivity contribution in [2.75, 3.05) is 27.2 Å². The van der Waals surface area contributed by atoms with E-state index in [1.165, 1.54) is 11.0 Å². The highest BCUT2D eigenvalue weighted by atomic mass is 19.1. The molecular weight excluding hydrogens is 533 g/mol. The van der Waals surface area contributed by atoms with Crippen LogP contribution in [0.15, 0.2) is 28.7 Å². The number of hydrogen-bond donors (Lipinski definition) is 5. The Balaban J connectivity index is 1.91. The molecule has 0 saturated heterocycles. The standard InChI is InChI=1S/C30H40FN3O7/c1-8-34(12-13(2)3)29(4,5)16-11-18(35)20-15(22(16)31)9-14-10-17-23(33(6)7)25(37)21(28(32)40)27(39)30(17,41)26(38)19(14)24(20)36/h11,13-14,17,23,35,37-38,41H,8-10,12H2,1-7H3,(H2,32,40)/t14-,17-,23-,30-/m0/s1. The second-order valence-electron chi connectivity index (χ2n) is 12.6. The fraction of sp³-hybridized carbons (Fsp3) is 0.567. The van der Waals surface area contributed by atoms with Gasteiger partial charge in [0.05, 0.1) is 11.6 Å². The molecule has 0 unspecified atom stereocenters. The summed E-state index contributed by atoms with van der Waals surface area (Å²) in [6, 6.07) is 0.116. The molecule has 0 radical (unpaired) electrons. The molecule has 0 aliphatic heterocycles. The van der Waals surface area contributed by atoms with Crippen molar-refractivity contribution in [2.24, 2.45) is 23.5 Å². The van der Waals surface area contributed by atoms with Crippen LogP contribution in [0, 0.1) is 23.6 Å². The zero-order chi connectivity index (χ0) is 30.9. The molecule has 1 aromatic rings. The van der Waals surface area contributed by atoms with E-state index in [1.54, 1.807) is 14.1 Å². The van der Waals surface area contributed by atoms with Gasteiger partial charge in [-0.25, -0.2) is 4.39 Å². The highest BCUT2D eigenvalue weighted by molar-refractivity contribution is 6.24. The first-order valence-electron chi connectivity index (χ1n) is 13.9. The smallest absolute Gasteiger partial charge is 0.255 e. The molecule has 0 spiro atoms. The van der Waals surface area contributed by atoms with Gasteiger partial charge in [0.2, 0.25) is 5.78 Å². The highest BCUT2D eigenvalue weighted by Crippen LogP contribution is 2.53. The zero-order valence-corrected chi connectivity index (χ0v) is 24.6. The van der Waals surface area contributed by atoms with Crippen LogP contribution in [0.2, 0.25) is 0 Å². The molecule has 4 atom stereocenters. The van der Waals surface area contributed by atoms with Crippen molar-refractivity contribution in [3.8, 4) is 5.75 Å². The summed E-state index contributed by atoms with van der Waals surface area (Å²) in [4.78, 5) is 42.9. The number of halogens is 1. The summed E-state index contributed by atoms with van der Waals surface area (Å²) in [5.41, 5.74) is 0.463. The first kappa shape index (κ1) is 30.7. The summed E-state index contributed by atoms with van der Waals surface area (Å²) in [5, 5.41) is 45.0. The van der Waals surface area contributed by atoms with Gasteiger partial charge in [0, 0.05) is 34.7 Å². The molecule has 4 rings (SSSR count). The number of phenols is 1. The summed E-state index contributed by atoms with van der Waals surface area (Å²) in [6.45, 7) is 11.1. The number of hydrogen-bond acceptors (Lipinski definition) is 9. The van der Waals surface area contributed by atoms with E-state index in [1.807, 2.05) is 20.8 Å². The average molecular weight is 574 g/mol. The lowest BCUT2D eigenvalue weighted by Crippen LogP contribution is -2.63. The Labute approximate surface area is 238 Å². The zero-order valence-electron chi connectivity index (χ0n) is 24.6. The monoisotopic (exact) mass is 573 g/mol. The Bertz CT molecular complexity index is 1400. The maximum absolute atomic E-state index is 16.4. The number of ketones is 2. The van der Waals surface area contributed by atoms with Crippen LogP contribution >= 0.6 is 0 Å². The molecule has 0 aromatic heterocycles. The Hall–Kier alpha value is -3.28. The largest absolute Gasteiger partial charge is 0.510 e. The molecule has 1 amide bonds. The lowest BCUT2D eigenvalue weighted by molar-refractivity contribution is -0.148. The Morgan fingerprint density at radius 2 is 1.83 bits per heavy atom. The molecule has 0 fully saturated rings. The number of aliphatic hydroxyl groups is 3. The number of amides is 1.